The highest BCUT2D eigenvalue weighted by Gasteiger charge is 2.34. The van der Waals surface area contributed by atoms with Crippen molar-refractivity contribution in [1.29, 1.82) is 0 Å². The molecule has 2 N–H and O–H groups in total. The van der Waals surface area contributed by atoms with Gasteiger partial charge in [0, 0.05) is 39.6 Å². The molecule has 3 aliphatic rings. The quantitative estimate of drug-likeness (QED) is 0.367. The van der Waals surface area contributed by atoms with E-state index in [1.54, 1.807) is 12.1 Å². The van der Waals surface area contributed by atoms with Crippen LogP contribution in [0.5, 0.6) is 0 Å². The van der Waals surface area contributed by atoms with Crippen molar-refractivity contribution in [2.45, 2.75) is 24.4 Å². The van der Waals surface area contributed by atoms with Crippen molar-refractivity contribution >= 4 is 57.8 Å². The lowest BCUT2D eigenvalue weighted by Gasteiger charge is -2.39. The van der Waals surface area contributed by atoms with Gasteiger partial charge in [0.25, 0.3) is 0 Å². The van der Waals surface area contributed by atoms with Gasteiger partial charge in [-0.25, -0.2) is 9.18 Å². The minimum Gasteiger partial charge on any atom is -0.442 e. The lowest BCUT2D eigenvalue weighted by molar-refractivity contribution is -0.119. The van der Waals surface area contributed by atoms with Crippen LogP contribution in [0.2, 0.25) is 0 Å². The Morgan fingerprint density at radius 3 is 2.83 bits per heavy atom. The van der Waals surface area contributed by atoms with Gasteiger partial charge in [0.2, 0.25) is 5.91 Å². The fraction of sp³-hybridized carbons (Fsp3) is 0.565. The first-order valence-electron chi connectivity index (χ1n) is 11.8. The Bertz CT molecular complexity index is 996. The summed E-state index contributed by atoms with van der Waals surface area (Å²) in [6.45, 7) is 5.99. The molecule has 4 rings (SSSR count). The van der Waals surface area contributed by atoms with Crippen LogP contribution in [0.15, 0.2) is 18.2 Å². The number of ether oxygens (including phenoxy) is 2. The number of morpholine rings is 1. The monoisotopic (exact) mass is 539 g/mol. The number of cyclic esters (lactones) is 1. The lowest BCUT2D eigenvalue weighted by Crippen LogP contribution is -2.55. The van der Waals surface area contributed by atoms with Crippen LogP contribution in [-0.4, -0.2) is 104 Å². The molecule has 3 unspecified atom stereocenters. The Morgan fingerprint density at radius 2 is 2.14 bits per heavy atom. The number of nitrogens with zero attached hydrogens (tertiary/aromatic N) is 3. The van der Waals surface area contributed by atoms with E-state index >= 15 is 4.39 Å². The highest BCUT2D eigenvalue weighted by molar-refractivity contribution is 8.24. The summed E-state index contributed by atoms with van der Waals surface area (Å²) in [4.78, 5) is 40.6. The molecular formula is C23H30FN5O5S2. The normalized spacial score (nSPS) is 23.8. The van der Waals surface area contributed by atoms with Crippen LogP contribution < -0.4 is 20.4 Å². The number of carbonyl (C=O) groups excluding carboxylic acids is 3. The summed E-state index contributed by atoms with van der Waals surface area (Å²) in [5, 5.41) is 5.52. The highest BCUT2D eigenvalue weighted by Crippen LogP contribution is 2.31. The molecule has 13 heteroatoms. The molecule has 3 saturated heterocycles. The van der Waals surface area contributed by atoms with Crippen molar-refractivity contribution < 1.29 is 28.2 Å². The molecule has 0 bridgehead atoms. The van der Waals surface area contributed by atoms with Gasteiger partial charge in [-0.2, -0.15) is 0 Å². The number of anilines is 2. The molecular weight excluding hydrogens is 509 g/mol. The van der Waals surface area contributed by atoms with Crippen molar-refractivity contribution in [3.63, 3.8) is 0 Å². The number of thioether (sulfide) groups is 1. The molecule has 1 aromatic rings. The molecule has 1 aromatic carbocycles. The molecule has 196 valence electrons. The molecule has 3 atom stereocenters. The van der Waals surface area contributed by atoms with E-state index in [0.29, 0.717) is 61.5 Å². The second kappa shape index (κ2) is 12.3. The Hall–Kier alpha value is -2.32. The van der Waals surface area contributed by atoms with Crippen LogP contribution in [0, 0.1) is 5.82 Å². The van der Waals surface area contributed by atoms with E-state index in [-0.39, 0.29) is 25.0 Å². The Morgan fingerprint density at radius 1 is 1.36 bits per heavy atom. The molecule has 0 saturated carbocycles. The van der Waals surface area contributed by atoms with E-state index in [1.165, 1.54) is 29.7 Å². The van der Waals surface area contributed by atoms with Gasteiger partial charge in [-0.1, -0.05) is 24.0 Å². The van der Waals surface area contributed by atoms with Crippen LogP contribution in [0.25, 0.3) is 0 Å². The number of thiocarbonyl (C=S) groups is 1. The predicted octanol–water partition coefficient (Wildman–Crippen LogP) is 0.983. The van der Waals surface area contributed by atoms with Gasteiger partial charge in [0.05, 0.1) is 47.9 Å². The van der Waals surface area contributed by atoms with E-state index in [9.17, 15) is 14.4 Å². The maximum absolute atomic E-state index is 15.4. The summed E-state index contributed by atoms with van der Waals surface area (Å²) in [6, 6.07) is 4.34. The summed E-state index contributed by atoms with van der Waals surface area (Å²) < 4.78 is 26.7. The van der Waals surface area contributed by atoms with E-state index in [0.717, 1.165) is 6.29 Å². The molecule has 0 spiro atoms. The maximum Gasteiger partial charge on any atom is 0.414 e. The van der Waals surface area contributed by atoms with Crippen molar-refractivity contribution in [3.05, 3.63) is 24.0 Å². The number of piperazine rings is 1. The molecule has 10 nitrogen and oxygen atoms in total. The summed E-state index contributed by atoms with van der Waals surface area (Å²) in [5.74, 6) is -0.698. The molecule has 0 aliphatic carbocycles. The first kappa shape index (κ1) is 26.7. The third-order valence-corrected chi connectivity index (χ3v) is 8.00. The van der Waals surface area contributed by atoms with Gasteiger partial charge in [0.15, 0.2) is 0 Å². The summed E-state index contributed by atoms with van der Waals surface area (Å²) in [6.07, 6.45) is -0.196. The van der Waals surface area contributed by atoms with Crippen molar-refractivity contribution in [2.75, 3.05) is 68.8 Å². The van der Waals surface area contributed by atoms with Crippen LogP contribution >= 0.6 is 24.0 Å². The number of hydrogen-bond donors (Lipinski definition) is 2. The third kappa shape index (κ3) is 6.32. The average Bonchev–Trinajstić information content (AvgIpc) is 3.26. The fourth-order valence-corrected chi connectivity index (χ4v) is 5.94. The minimum atomic E-state index is -0.585. The molecule has 3 fully saturated rings. The summed E-state index contributed by atoms with van der Waals surface area (Å²) in [5.41, 5.74) is 0.758. The van der Waals surface area contributed by atoms with Crippen LogP contribution in [0.1, 0.15) is 6.92 Å². The largest absolute Gasteiger partial charge is 0.442 e. The topological polar surface area (TPSA) is 103 Å². The number of aldehydes is 1. The van der Waals surface area contributed by atoms with Gasteiger partial charge >= 0.3 is 6.09 Å². The third-order valence-electron chi connectivity index (χ3n) is 6.28. The van der Waals surface area contributed by atoms with Gasteiger partial charge in [-0.15, -0.1) is 0 Å². The first-order valence-corrected chi connectivity index (χ1v) is 13.1. The molecule has 36 heavy (non-hydrogen) atoms. The number of benzene rings is 1. The van der Waals surface area contributed by atoms with E-state index < -0.39 is 23.4 Å². The van der Waals surface area contributed by atoms with Crippen molar-refractivity contribution in [1.82, 2.24) is 15.5 Å². The zero-order chi connectivity index (χ0) is 25.7. The number of rotatable bonds is 8. The van der Waals surface area contributed by atoms with Crippen molar-refractivity contribution in [3.8, 4) is 0 Å². The predicted molar refractivity (Wildman–Crippen MR) is 139 cm³/mol. The first-order chi connectivity index (χ1) is 17.4. The van der Waals surface area contributed by atoms with Crippen LogP contribution in [0.3, 0.4) is 0 Å². The summed E-state index contributed by atoms with van der Waals surface area (Å²) >= 11 is 7.06. The standard InChI is InChI=1S/C23H30FN5O5S2/c1-15(31)26-11-17-13-29(23(32)34-17)16-2-3-19(18(24)10-16)28-5-4-25-12-20(28)22(35)36-21(14-30)27-6-8-33-9-7-27/h2-3,10,14,17,20-21,25H,4-9,11-13H2,1H3,(H,26,31). The molecule has 3 heterocycles. The number of nitrogens with one attached hydrogen (secondary N) is 2. The maximum atomic E-state index is 15.4. The van der Waals surface area contributed by atoms with E-state index in [4.69, 9.17) is 21.7 Å². The average molecular weight is 540 g/mol. The van der Waals surface area contributed by atoms with Crippen LogP contribution in [0.4, 0.5) is 20.6 Å². The van der Waals surface area contributed by atoms with Crippen LogP contribution in [-0.2, 0) is 19.1 Å². The smallest absolute Gasteiger partial charge is 0.414 e. The number of halogens is 1. The van der Waals surface area contributed by atoms with Gasteiger partial charge in [0.1, 0.15) is 23.6 Å². The highest BCUT2D eigenvalue weighted by atomic mass is 32.2. The summed E-state index contributed by atoms with van der Waals surface area (Å²) in [7, 11) is 0. The van der Waals surface area contributed by atoms with E-state index in [2.05, 4.69) is 10.6 Å². The number of hydrogen-bond acceptors (Lipinski definition) is 10. The van der Waals surface area contributed by atoms with E-state index in [1.807, 2.05) is 9.80 Å². The second-order valence-electron chi connectivity index (χ2n) is 8.71. The van der Waals surface area contributed by atoms with Gasteiger partial charge in [-0.05, 0) is 18.2 Å². The molecule has 0 radical (unpaired) electrons. The number of carbonyl (C=O) groups is 3. The van der Waals surface area contributed by atoms with Crippen molar-refractivity contribution in [2.24, 2.45) is 0 Å². The van der Waals surface area contributed by atoms with Gasteiger partial charge < -0.3 is 29.8 Å². The SMILES string of the molecule is CC(=O)NCC1CN(c2ccc(N3CCNCC3C(=S)SC(C=O)N3CCOCC3)c(F)c2)C(=O)O1. The Labute approximate surface area is 218 Å². The Kier molecular flexibility index (Phi) is 9.12. The molecule has 2 amide bonds. The zero-order valence-electron chi connectivity index (χ0n) is 20.0. The lowest BCUT2D eigenvalue weighted by atomic mass is 10.1. The molecule has 3 aliphatic heterocycles. The molecule has 0 aromatic heterocycles. The minimum absolute atomic E-state index is 0.196. The van der Waals surface area contributed by atoms with Gasteiger partial charge in [-0.3, -0.25) is 14.6 Å². The Balaban J connectivity index is 1.45. The second-order valence-corrected chi connectivity index (χ2v) is 10.6. The fourth-order valence-electron chi connectivity index (χ4n) is 4.41. The number of amides is 2. The zero-order valence-corrected chi connectivity index (χ0v) is 21.6.